The predicted octanol–water partition coefficient (Wildman–Crippen LogP) is -1.79. The molecular formula is C19H23N7O6S. The summed E-state index contributed by atoms with van der Waals surface area (Å²) in [4.78, 5) is 52.8. The van der Waals surface area contributed by atoms with E-state index in [1.807, 2.05) is 6.92 Å². The van der Waals surface area contributed by atoms with Gasteiger partial charge in [-0.1, -0.05) is 17.7 Å². The lowest BCUT2D eigenvalue weighted by Crippen LogP contribution is -2.47. The maximum absolute atomic E-state index is 12.6. The van der Waals surface area contributed by atoms with Crippen molar-refractivity contribution < 1.29 is 18.0 Å². The van der Waals surface area contributed by atoms with Crippen molar-refractivity contribution in [1.82, 2.24) is 33.8 Å². The number of hydrogen-bond donors (Lipinski definition) is 2. The van der Waals surface area contributed by atoms with E-state index in [4.69, 9.17) is 0 Å². The number of rotatable bonds is 6. The number of imidazole rings is 1. The third kappa shape index (κ3) is 4.70. The van der Waals surface area contributed by atoms with Gasteiger partial charge in [0.25, 0.3) is 17.4 Å². The summed E-state index contributed by atoms with van der Waals surface area (Å²) < 4.78 is 29.3. The first-order chi connectivity index (χ1) is 15.4. The summed E-state index contributed by atoms with van der Waals surface area (Å²) in [6.45, 7) is 0.913. The molecule has 13 nitrogen and oxygen atoms in total. The van der Waals surface area contributed by atoms with E-state index in [-0.39, 0.29) is 22.6 Å². The van der Waals surface area contributed by atoms with Crippen LogP contribution in [0.4, 0.5) is 0 Å². The first-order valence-corrected chi connectivity index (χ1v) is 11.1. The smallest absolute Gasteiger partial charge is 0.315 e. The predicted molar refractivity (Wildman–Crippen MR) is 117 cm³/mol. The van der Waals surface area contributed by atoms with Crippen molar-refractivity contribution in [3.8, 4) is 0 Å². The third-order valence-electron chi connectivity index (χ3n) is 4.97. The number of nitrogens with zero attached hydrogens (tertiary/aromatic N) is 5. The van der Waals surface area contributed by atoms with E-state index >= 15 is 0 Å². The van der Waals surface area contributed by atoms with E-state index in [2.05, 4.69) is 15.8 Å². The van der Waals surface area contributed by atoms with Crippen molar-refractivity contribution in [2.24, 2.45) is 14.1 Å². The van der Waals surface area contributed by atoms with Gasteiger partial charge in [-0.25, -0.2) is 18.2 Å². The average molecular weight is 478 g/mol. The molecule has 14 heteroatoms. The molecule has 0 aliphatic rings. The molecule has 2 heterocycles. The second-order valence-corrected chi connectivity index (χ2v) is 9.47. The zero-order valence-corrected chi connectivity index (χ0v) is 19.2. The van der Waals surface area contributed by atoms with E-state index in [1.54, 1.807) is 12.1 Å². The number of likely N-dealkylation sites (N-methyl/N-ethyl adjacent to an activating group) is 1. The number of benzene rings is 1. The van der Waals surface area contributed by atoms with Gasteiger partial charge in [-0.05, 0) is 19.1 Å². The van der Waals surface area contributed by atoms with Crippen molar-refractivity contribution in [2.75, 3.05) is 13.6 Å². The summed E-state index contributed by atoms with van der Waals surface area (Å²) in [5.74, 6) is -1.46. The number of aromatic nitrogens is 4. The molecule has 0 saturated heterocycles. The maximum atomic E-state index is 12.6. The Bertz CT molecular complexity index is 1450. The lowest BCUT2D eigenvalue weighted by molar-refractivity contribution is -0.129. The van der Waals surface area contributed by atoms with Gasteiger partial charge in [-0.3, -0.25) is 34.4 Å². The largest absolute Gasteiger partial charge is 0.332 e. The van der Waals surface area contributed by atoms with Gasteiger partial charge in [0.1, 0.15) is 6.54 Å². The van der Waals surface area contributed by atoms with Crippen LogP contribution in [0.5, 0.6) is 0 Å². The first kappa shape index (κ1) is 23.9. The maximum Gasteiger partial charge on any atom is 0.332 e. The standard InChI is InChI=1S/C19H23N7O6S/c1-12-5-7-13(8-6-12)33(31,32)23(2)9-14(27)21-22-15(28)10-26-11-20-17-16(26)18(29)25(4)19(30)24(17)3/h5-8,11H,9-10H2,1-4H3,(H,21,27)(H,22,28). The fourth-order valence-corrected chi connectivity index (χ4v) is 4.19. The number of sulfonamides is 1. The molecule has 0 aliphatic carbocycles. The van der Waals surface area contributed by atoms with Gasteiger partial charge in [0, 0.05) is 21.1 Å². The molecule has 2 amide bonds. The third-order valence-corrected chi connectivity index (χ3v) is 6.79. The van der Waals surface area contributed by atoms with Crippen molar-refractivity contribution >= 4 is 33.0 Å². The molecule has 0 radical (unpaired) electrons. The number of aryl methyl sites for hydroxylation is 2. The van der Waals surface area contributed by atoms with Gasteiger partial charge in [-0.15, -0.1) is 0 Å². The van der Waals surface area contributed by atoms with Gasteiger partial charge < -0.3 is 4.57 Å². The SMILES string of the molecule is Cc1ccc(S(=O)(=O)N(C)CC(=O)NNC(=O)Cn2cnc3c2c(=O)n(C)c(=O)n3C)cc1. The number of nitrogens with one attached hydrogen (secondary N) is 2. The Morgan fingerprint density at radius 3 is 2.27 bits per heavy atom. The molecule has 0 saturated carbocycles. The monoisotopic (exact) mass is 477 g/mol. The van der Waals surface area contributed by atoms with Crippen LogP contribution in [0.2, 0.25) is 0 Å². The molecule has 1 aromatic carbocycles. The zero-order valence-electron chi connectivity index (χ0n) is 18.4. The molecule has 0 fully saturated rings. The Hall–Kier alpha value is -3.78. The van der Waals surface area contributed by atoms with E-state index in [9.17, 15) is 27.6 Å². The Morgan fingerprint density at radius 2 is 1.64 bits per heavy atom. The van der Waals surface area contributed by atoms with Gasteiger partial charge in [-0.2, -0.15) is 4.31 Å². The number of fused-ring (bicyclic) bond motifs is 1. The summed E-state index contributed by atoms with van der Waals surface area (Å²) in [5, 5.41) is 0. The number of carbonyl (C=O) groups excluding carboxylic acids is 2. The molecule has 0 spiro atoms. The molecule has 0 bridgehead atoms. The van der Waals surface area contributed by atoms with Crippen LogP contribution in [0, 0.1) is 6.92 Å². The minimum absolute atomic E-state index is 0.0374. The zero-order chi connectivity index (χ0) is 24.5. The quantitative estimate of drug-likeness (QED) is 0.397. The van der Waals surface area contributed by atoms with Gasteiger partial charge >= 0.3 is 5.69 Å². The molecule has 0 atom stereocenters. The van der Waals surface area contributed by atoms with Crippen LogP contribution >= 0.6 is 0 Å². The first-order valence-electron chi connectivity index (χ1n) is 9.65. The van der Waals surface area contributed by atoms with Crippen LogP contribution in [0.25, 0.3) is 11.2 Å². The van der Waals surface area contributed by atoms with Crippen LogP contribution < -0.4 is 22.1 Å². The molecule has 3 aromatic rings. The second kappa shape index (κ2) is 8.99. The van der Waals surface area contributed by atoms with Gasteiger partial charge in [0.15, 0.2) is 11.2 Å². The van der Waals surface area contributed by atoms with Crippen molar-refractivity contribution in [3.63, 3.8) is 0 Å². The lowest BCUT2D eigenvalue weighted by atomic mass is 10.2. The van der Waals surface area contributed by atoms with Crippen LogP contribution in [-0.4, -0.2) is 56.8 Å². The Morgan fingerprint density at radius 1 is 1.03 bits per heavy atom. The van der Waals surface area contributed by atoms with Crippen LogP contribution in [0.15, 0.2) is 45.1 Å². The Labute approximate surface area is 188 Å². The molecule has 3 rings (SSSR count). The van der Waals surface area contributed by atoms with E-state index < -0.39 is 39.6 Å². The van der Waals surface area contributed by atoms with Crippen molar-refractivity contribution in [3.05, 3.63) is 57.0 Å². The number of hydrogen-bond acceptors (Lipinski definition) is 7. The average Bonchev–Trinajstić information content (AvgIpc) is 3.18. The molecular weight excluding hydrogens is 454 g/mol. The van der Waals surface area contributed by atoms with Crippen molar-refractivity contribution in [1.29, 1.82) is 0 Å². The number of hydrazine groups is 1. The van der Waals surface area contributed by atoms with E-state index in [0.717, 1.165) is 14.4 Å². The fraction of sp³-hybridized carbons (Fsp3) is 0.316. The minimum Gasteiger partial charge on any atom is -0.315 e. The topological polar surface area (TPSA) is 157 Å². The second-order valence-electron chi connectivity index (χ2n) is 7.42. The summed E-state index contributed by atoms with van der Waals surface area (Å²) in [7, 11) is 0.111. The lowest BCUT2D eigenvalue weighted by Gasteiger charge is -2.17. The highest BCUT2D eigenvalue weighted by Crippen LogP contribution is 2.14. The van der Waals surface area contributed by atoms with Crippen LogP contribution in [0.3, 0.4) is 0 Å². The molecule has 0 unspecified atom stereocenters. The highest BCUT2D eigenvalue weighted by molar-refractivity contribution is 7.89. The van der Waals surface area contributed by atoms with E-state index in [0.29, 0.717) is 0 Å². The van der Waals surface area contributed by atoms with Crippen LogP contribution in [-0.2, 0) is 40.3 Å². The fourth-order valence-electron chi connectivity index (χ4n) is 3.07. The summed E-state index contributed by atoms with van der Waals surface area (Å²) in [6, 6.07) is 6.17. The molecule has 2 aromatic heterocycles. The molecule has 2 N–H and O–H groups in total. The summed E-state index contributed by atoms with van der Waals surface area (Å²) in [5.41, 5.74) is 4.17. The Kier molecular flexibility index (Phi) is 6.51. The Balaban J connectivity index is 1.63. The summed E-state index contributed by atoms with van der Waals surface area (Å²) in [6.07, 6.45) is 1.23. The van der Waals surface area contributed by atoms with Gasteiger partial charge in [0.2, 0.25) is 10.0 Å². The highest BCUT2D eigenvalue weighted by atomic mass is 32.2. The molecule has 176 valence electrons. The summed E-state index contributed by atoms with van der Waals surface area (Å²) >= 11 is 0. The minimum atomic E-state index is -3.89. The molecule has 33 heavy (non-hydrogen) atoms. The number of amides is 2. The van der Waals surface area contributed by atoms with Crippen molar-refractivity contribution in [2.45, 2.75) is 18.4 Å². The molecule has 0 aliphatic heterocycles. The highest BCUT2D eigenvalue weighted by Gasteiger charge is 2.23. The van der Waals surface area contributed by atoms with E-state index in [1.165, 1.54) is 48.7 Å². The van der Waals surface area contributed by atoms with Crippen LogP contribution in [0.1, 0.15) is 5.56 Å². The normalized spacial score (nSPS) is 11.7. The number of carbonyl (C=O) groups is 2. The van der Waals surface area contributed by atoms with Gasteiger partial charge in [0.05, 0.1) is 17.8 Å².